The second-order valence-electron chi connectivity index (χ2n) is 8.37. The third-order valence-electron chi connectivity index (χ3n) is 3.26. The highest BCUT2D eigenvalue weighted by molar-refractivity contribution is 5.76. The summed E-state index contributed by atoms with van der Waals surface area (Å²) in [5.74, 6) is 0. The van der Waals surface area contributed by atoms with E-state index in [4.69, 9.17) is 0 Å². The Balaban J connectivity index is 0. The van der Waals surface area contributed by atoms with Gasteiger partial charge in [0.15, 0.2) is 0 Å². The molecule has 0 saturated heterocycles. The monoisotopic (exact) mass is 348 g/mol. The molecule has 26 heavy (non-hydrogen) atoms. The number of anilines is 1. The average molecular weight is 348 g/mol. The molecule has 138 valence electrons. The summed E-state index contributed by atoms with van der Waals surface area (Å²) < 4.78 is 0. The van der Waals surface area contributed by atoms with Crippen LogP contribution in [0.5, 0.6) is 0 Å². The summed E-state index contributed by atoms with van der Waals surface area (Å²) in [5, 5.41) is 6.82. The van der Waals surface area contributed by atoms with Crippen molar-refractivity contribution in [1.29, 1.82) is 0 Å². The highest BCUT2D eigenvalue weighted by Crippen LogP contribution is 2.14. The van der Waals surface area contributed by atoms with Crippen molar-refractivity contribution in [2.24, 2.45) is 5.41 Å². The lowest BCUT2D eigenvalue weighted by Gasteiger charge is -2.20. The van der Waals surface area contributed by atoms with Crippen molar-refractivity contribution in [3.8, 4) is 0 Å². The predicted octanol–water partition coefficient (Wildman–Crippen LogP) is 4.96. The smallest absolute Gasteiger partial charge is 0.0340 e. The molecule has 0 heterocycles. The SMILES string of the molecule is CC(C)(C)CNc1ccccc1.CC(C)(C)NCc1ccccc1.[B].[B]. The fourth-order valence-corrected chi connectivity index (χ4v) is 1.89. The van der Waals surface area contributed by atoms with Gasteiger partial charge in [0.1, 0.15) is 0 Å². The van der Waals surface area contributed by atoms with Crippen molar-refractivity contribution in [2.75, 3.05) is 11.9 Å². The molecule has 0 bridgehead atoms. The van der Waals surface area contributed by atoms with E-state index in [1.807, 2.05) is 24.3 Å². The Morgan fingerprint density at radius 3 is 1.58 bits per heavy atom. The Morgan fingerprint density at radius 1 is 0.692 bits per heavy atom. The van der Waals surface area contributed by atoms with Crippen LogP contribution < -0.4 is 10.6 Å². The second-order valence-corrected chi connectivity index (χ2v) is 8.37. The summed E-state index contributed by atoms with van der Waals surface area (Å²) in [7, 11) is 0. The maximum absolute atomic E-state index is 3.44. The topological polar surface area (TPSA) is 24.1 Å². The summed E-state index contributed by atoms with van der Waals surface area (Å²) in [6.07, 6.45) is 0. The Hall–Kier alpha value is -1.67. The Labute approximate surface area is 165 Å². The zero-order chi connectivity index (χ0) is 18.1. The van der Waals surface area contributed by atoms with Crippen LogP contribution in [0.15, 0.2) is 60.7 Å². The number of para-hydroxylation sites is 1. The average Bonchev–Trinajstić information content (AvgIpc) is 2.52. The molecular weight excluding hydrogens is 314 g/mol. The Bertz CT molecular complexity index is 505. The van der Waals surface area contributed by atoms with Gasteiger partial charge in [0.05, 0.1) is 0 Å². The van der Waals surface area contributed by atoms with Gasteiger partial charge >= 0.3 is 0 Å². The largest absolute Gasteiger partial charge is 0.385 e. The summed E-state index contributed by atoms with van der Waals surface area (Å²) in [4.78, 5) is 0. The maximum Gasteiger partial charge on any atom is 0.0340 e. The lowest BCUT2D eigenvalue weighted by Crippen LogP contribution is -2.34. The molecule has 2 N–H and O–H groups in total. The van der Waals surface area contributed by atoms with Crippen molar-refractivity contribution in [3.63, 3.8) is 0 Å². The molecule has 0 aliphatic heterocycles. The van der Waals surface area contributed by atoms with Crippen LogP contribution in [0.25, 0.3) is 0 Å². The standard InChI is InChI=1S/2C11H17N.2B/c1-11(2,3)9-12-10-7-5-4-6-8-10;1-11(2,3)12-9-10-7-5-4-6-8-10;;/h2*4-8,12H,9H2,1-3H3;;. The van der Waals surface area contributed by atoms with Gasteiger partial charge in [-0.05, 0) is 43.9 Å². The van der Waals surface area contributed by atoms with Crippen LogP contribution in [0.1, 0.15) is 47.1 Å². The van der Waals surface area contributed by atoms with Gasteiger partial charge < -0.3 is 10.6 Å². The lowest BCUT2D eigenvalue weighted by atomic mass is 9.97. The Kier molecular flexibility index (Phi) is 12.9. The third kappa shape index (κ3) is 14.7. The zero-order valence-corrected chi connectivity index (χ0v) is 17.3. The molecule has 2 aromatic rings. The molecular formula is C22H34B2N2. The fourth-order valence-electron chi connectivity index (χ4n) is 1.89. The van der Waals surface area contributed by atoms with Crippen molar-refractivity contribution in [3.05, 3.63) is 66.2 Å². The molecule has 0 aliphatic carbocycles. The molecule has 2 aromatic carbocycles. The van der Waals surface area contributed by atoms with Gasteiger partial charge in [-0.1, -0.05) is 69.3 Å². The quantitative estimate of drug-likeness (QED) is 0.764. The Morgan fingerprint density at radius 2 is 1.15 bits per heavy atom. The van der Waals surface area contributed by atoms with Crippen LogP contribution >= 0.6 is 0 Å². The van der Waals surface area contributed by atoms with Gasteiger partial charge in [0, 0.05) is 41.1 Å². The minimum atomic E-state index is 0. The molecule has 2 rings (SSSR count). The van der Waals surface area contributed by atoms with E-state index in [1.165, 1.54) is 11.3 Å². The lowest BCUT2D eigenvalue weighted by molar-refractivity contribution is 0.424. The van der Waals surface area contributed by atoms with E-state index < -0.39 is 0 Å². The van der Waals surface area contributed by atoms with E-state index in [-0.39, 0.29) is 22.4 Å². The van der Waals surface area contributed by atoms with Crippen molar-refractivity contribution in [1.82, 2.24) is 5.32 Å². The van der Waals surface area contributed by atoms with Gasteiger partial charge in [-0.3, -0.25) is 0 Å². The van der Waals surface area contributed by atoms with E-state index >= 15 is 0 Å². The van der Waals surface area contributed by atoms with Gasteiger partial charge in [-0.25, -0.2) is 0 Å². The van der Waals surface area contributed by atoms with Gasteiger partial charge in [-0.2, -0.15) is 0 Å². The second kappa shape index (κ2) is 12.6. The molecule has 6 radical (unpaired) electrons. The number of hydrogen-bond donors (Lipinski definition) is 2. The normalized spacial score (nSPS) is 10.5. The first-order valence-corrected chi connectivity index (χ1v) is 8.74. The van der Waals surface area contributed by atoms with Crippen LogP contribution in [0, 0.1) is 5.41 Å². The van der Waals surface area contributed by atoms with Crippen LogP contribution in [0.4, 0.5) is 5.69 Å². The van der Waals surface area contributed by atoms with E-state index in [0.29, 0.717) is 5.41 Å². The summed E-state index contributed by atoms with van der Waals surface area (Å²) in [5.41, 5.74) is 3.09. The van der Waals surface area contributed by atoms with Crippen molar-refractivity contribution < 1.29 is 0 Å². The van der Waals surface area contributed by atoms with Crippen LogP contribution in [0.2, 0.25) is 0 Å². The first-order chi connectivity index (χ1) is 11.2. The first kappa shape index (κ1) is 26.6. The summed E-state index contributed by atoms with van der Waals surface area (Å²) >= 11 is 0. The first-order valence-electron chi connectivity index (χ1n) is 8.74. The minimum Gasteiger partial charge on any atom is -0.385 e. The van der Waals surface area contributed by atoms with E-state index in [0.717, 1.165) is 13.1 Å². The molecule has 4 heteroatoms. The highest BCUT2D eigenvalue weighted by Gasteiger charge is 2.08. The van der Waals surface area contributed by atoms with E-state index in [9.17, 15) is 0 Å². The summed E-state index contributed by atoms with van der Waals surface area (Å²) in [6.45, 7) is 15.2. The number of hydrogen-bond acceptors (Lipinski definition) is 2. The molecule has 0 aromatic heterocycles. The summed E-state index contributed by atoms with van der Waals surface area (Å²) in [6, 6.07) is 20.8. The minimum absolute atomic E-state index is 0. The molecule has 0 spiro atoms. The third-order valence-corrected chi connectivity index (χ3v) is 3.26. The van der Waals surface area contributed by atoms with Gasteiger partial charge in [0.25, 0.3) is 0 Å². The van der Waals surface area contributed by atoms with Gasteiger partial charge in [0.2, 0.25) is 0 Å². The molecule has 0 aliphatic rings. The van der Waals surface area contributed by atoms with Crippen LogP contribution in [0.3, 0.4) is 0 Å². The molecule has 0 amide bonds. The molecule has 0 unspecified atom stereocenters. The predicted molar refractivity (Wildman–Crippen MR) is 119 cm³/mol. The fraction of sp³-hybridized carbons (Fsp3) is 0.455. The van der Waals surface area contributed by atoms with Crippen molar-refractivity contribution in [2.45, 2.75) is 53.6 Å². The number of rotatable bonds is 4. The van der Waals surface area contributed by atoms with E-state index in [2.05, 4.69) is 88.6 Å². The van der Waals surface area contributed by atoms with Crippen molar-refractivity contribution >= 4 is 22.5 Å². The molecule has 0 fully saturated rings. The molecule has 0 atom stereocenters. The van der Waals surface area contributed by atoms with Crippen LogP contribution in [-0.2, 0) is 6.54 Å². The molecule has 0 saturated carbocycles. The van der Waals surface area contributed by atoms with Crippen LogP contribution in [-0.4, -0.2) is 28.9 Å². The highest BCUT2D eigenvalue weighted by atomic mass is 14.9. The maximum atomic E-state index is 3.44. The number of nitrogens with one attached hydrogen (secondary N) is 2. The zero-order valence-electron chi connectivity index (χ0n) is 17.3. The van der Waals surface area contributed by atoms with E-state index in [1.54, 1.807) is 0 Å². The number of benzene rings is 2. The van der Waals surface area contributed by atoms with Gasteiger partial charge in [-0.15, -0.1) is 0 Å². The molecule has 2 nitrogen and oxygen atoms in total.